The molecule has 27 heavy (non-hydrogen) atoms. The second-order valence-electron chi connectivity index (χ2n) is 6.44. The molecule has 0 aliphatic carbocycles. The molecule has 0 spiro atoms. The van der Waals surface area contributed by atoms with Crippen LogP contribution in [0.15, 0.2) is 42.2 Å². The zero-order valence-corrected chi connectivity index (χ0v) is 15.4. The van der Waals surface area contributed by atoms with Crippen molar-refractivity contribution in [3.05, 3.63) is 47.7 Å². The van der Waals surface area contributed by atoms with Crippen LogP contribution in [0.4, 0.5) is 0 Å². The third-order valence-electron chi connectivity index (χ3n) is 4.56. The number of ether oxygens (including phenoxy) is 4. The molecule has 0 aromatic heterocycles. The predicted molar refractivity (Wildman–Crippen MR) is 98.0 cm³/mol. The number of aliphatic hydroxyl groups excluding tert-OH is 1. The van der Waals surface area contributed by atoms with Gasteiger partial charge in [0.1, 0.15) is 0 Å². The number of nitrogens with zero attached hydrogens (tertiary/aromatic N) is 1. The van der Waals surface area contributed by atoms with Crippen molar-refractivity contribution in [2.75, 3.05) is 52.7 Å². The summed E-state index contributed by atoms with van der Waals surface area (Å²) in [5, 5.41) is 8.75. The Bertz CT molecular complexity index is 614. The fourth-order valence-electron chi connectivity index (χ4n) is 3.17. The number of benzene rings is 1. The molecule has 1 aromatic rings. The van der Waals surface area contributed by atoms with E-state index in [-0.39, 0.29) is 25.0 Å². The average molecular weight is 377 g/mol. The highest BCUT2D eigenvalue weighted by molar-refractivity contribution is 5.91. The minimum atomic E-state index is -0.516. The number of rotatable bonds is 8. The van der Waals surface area contributed by atoms with Gasteiger partial charge >= 0.3 is 0 Å². The van der Waals surface area contributed by atoms with Gasteiger partial charge in [-0.2, -0.15) is 0 Å². The van der Waals surface area contributed by atoms with E-state index >= 15 is 0 Å². The van der Waals surface area contributed by atoms with Crippen molar-refractivity contribution in [1.82, 2.24) is 4.90 Å². The highest BCUT2D eigenvalue weighted by atomic mass is 16.7. The zero-order chi connectivity index (χ0) is 18.9. The Kier molecular flexibility index (Phi) is 7.65. The van der Waals surface area contributed by atoms with Crippen molar-refractivity contribution < 1.29 is 28.8 Å². The minimum absolute atomic E-state index is 0.0169. The van der Waals surface area contributed by atoms with Gasteiger partial charge in [-0.15, -0.1) is 0 Å². The van der Waals surface area contributed by atoms with Crippen molar-refractivity contribution in [3.63, 3.8) is 0 Å². The van der Waals surface area contributed by atoms with Crippen LogP contribution < -0.4 is 0 Å². The van der Waals surface area contributed by atoms with Gasteiger partial charge in [-0.3, -0.25) is 4.79 Å². The summed E-state index contributed by atoms with van der Waals surface area (Å²) >= 11 is 0. The molecule has 1 N–H and O–H groups in total. The molecule has 3 rings (SSSR count). The minimum Gasteiger partial charge on any atom is -0.459 e. The molecule has 2 heterocycles. The van der Waals surface area contributed by atoms with E-state index in [1.807, 2.05) is 36.4 Å². The van der Waals surface area contributed by atoms with Gasteiger partial charge in [0, 0.05) is 25.4 Å². The van der Waals surface area contributed by atoms with Crippen molar-refractivity contribution in [2.24, 2.45) is 0 Å². The van der Waals surface area contributed by atoms with Gasteiger partial charge in [0.15, 0.2) is 5.76 Å². The first-order chi connectivity index (χ1) is 13.3. The van der Waals surface area contributed by atoms with E-state index in [0.717, 1.165) is 5.56 Å². The fourth-order valence-corrected chi connectivity index (χ4v) is 3.17. The SMILES string of the molecule is O=C(C1=C[C@H](c2ccccc2)C[C@H](OCCOCCO)O1)N1CCOCC1. The Morgan fingerprint density at radius 3 is 2.67 bits per heavy atom. The van der Waals surface area contributed by atoms with Crippen LogP contribution in [0.1, 0.15) is 17.9 Å². The molecule has 1 fully saturated rings. The number of allylic oxidation sites excluding steroid dienone is 1. The molecule has 2 aliphatic heterocycles. The van der Waals surface area contributed by atoms with E-state index in [1.165, 1.54) is 0 Å². The number of carbonyl (C=O) groups excluding carboxylic acids is 1. The van der Waals surface area contributed by atoms with Crippen molar-refractivity contribution in [3.8, 4) is 0 Å². The molecule has 1 aromatic carbocycles. The number of carbonyl (C=O) groups is 1. The van der Waals surface area contributed by atoms with Gasteiger partial charge in [-0.1, -0.05) is 30.3 Å². The number of aliphatic hydroxyl groups is 1. The van der Waals surface area contributed by atoms with Crippen LogP contribution in [0.2, 0.25) is 0 Å². The molecular weight excluding hydrogens is 350 g/mol. The van der Waals surface area contributed by atoms with Crippen molar-refractivity contribution in [1.29, 1.82) is 0 Å². The molecule has 2 aliphatic rings. The number of hydrogen-bond acceptors (Lipinski definition) is 6. The molecule has 0 unspecified atom stereocenters. The van der Waals surface area contributed by atoms with Gasteiger partial charge < -0.3 is 29.0 Å². The average Bonchev–Trinajstić information content (AvgIpc) is 2.74. The summed E-state index contributed by atoms with van der Waals surface area (Å²) in [5.41, 5.74) is 1.12. The van der Waals surface area contributed by atoms with E-state index in [4.69, 9.17) is 24.1 Å². The number of hydrogen-bond donors (Lipinski definition) is 1. The third-order valence-corrected chi connectivity index (χ3v) is 4.56. The van der Waals surface area contributed by atoms with Crippen LogP contribution >= 0.6 is 0 Å². The lowest BCUT2D eigenvalue weighted by Crippen LogP contribution is -2.43. The summed E-state index contributed by atoms with van der Waals surface area (Å²) in [4.78, 5) is 14.6. The van der Waals surface area contributed by atoms with Gasteiger partial charge in [-0.05, 0) is 11.6 Å². The van der Waals surface area contributed by atoms with E-state index in [9.17, 15) is 4.79 Å². The number of morpholine rings is 1. The maximum absolute atomic E-state index is 12.9. The quantitative estimate of drug-likeness (QED) is 0.688. The Morgan fingerprint density at radius 2 is 1.93 bits per heavy atom. The monoisotopic (exact) mass is 377 g/mol. The lowest BCUT2D eigenvalue weighted by Gasteiger charge is -2.33. The Morgan fingerprint density at radius 1 is 1.15 bits per heavy atom. The van der Waals surface area contributed by atoms with Crippen molar-refractivity contribution in [2.45, 2.75) is 18.6 Å². The Balaban J connectivity index is 1.67. The lowest BCUT2D eigenvalue weighted by atomic mass is 9.93. The summed E-state index contributed by atoms with van der Waals surface area (Å²) in [5.74, 6) is 0.255. The lowest BCUT2D eigenvalue weighted by molar-refractivity contribution is -0.158. The van der Waals surface area contributed by atoms with Crippen LogP contribution in [0, 0.1) is 0 Å². The standard InChI is InChI=1S/C20H27NO6/c22-8-11-25-12-13-26-19-15-17(16-4-2-1-3-5-16)14-18(27-19)20(23)21-6-9-24-10-7-21/h1-5,14,17,19,22H,6-13,15H2/t17-,19+/m0/s1. The van der Waals surface area contributed by atoms with Gasteiger partial charge in [0.05, 0.1) is 39.6 Å². The van der Waals surface area contributed by atoms with Crippen LogP contribution in [-0.2, 0) is 23.7 Å². The third kappa shape index (κ3) is 5.77. The Labute approximate surface area is 159 Å². The van der Waals surface area contributed by atoms with E-state index in [0.29, 0.717) is 51.7 Å². The summed E-state index contributed by atoms with van der Waals surface area (Å²) in [6, 6.07) is 10.0. The van der Waals surface area contributed by atoms with Gasteiger partial charge in [0.25, 0.3) is 5.91 Å². The van der Waals surface area contributed by atoms with Gasteiger partial charge in [0.2, 0.25) is 6.29 Å². The normalized spacial score (nSPS) is 22.9. The van der Waals surface area contributed by atoms with Crippen molar-refractivity contribution >= 4 is 5.91 Å². The first kappa shape index (κ1) is 19.8. The highest BCUT2D eigenvalue weighted by Gasteiger charge is 2.31. The van der Waals surface area contributed by atoms with Crippen LogP contribution in [-0.4, -0.2) is 74.9 Å². The van der Waals surface area contributed by atoms with Crippen LogP contribution in [0.25, 0.3) is 0 Å². The Hall–Kier alpha value is -1.93. The molecule has 7 heteroatoms. The van der Waals surface area contributed by atoms with Gasteiger partial charge in [-0.25, -0.2) is 0 Å². The molecule has 7 nitrogen and oxygen atoms in total. The first-order valence-corrected chi connectivity index (χ1v) is 9.38. The molecule has 0 saturated carbocycles. The van der Waals surface area contributed by atoms with Crippen LogP contribution in [0.3, 0.4) is 0 Å². The number of amides is 1. The second kappa shape index (κ2) is 10.4. The summed E-state index contributed by atoms with van der Waals surface area (Å²) in [6.07, 6.45) is 2.01. The summed E-state index contributed by atoms with van der Waals surface area (Å²) in [6.45, 7) is 3.19. The smallest absolute Gasteiger partial charge is 0.288 e. The largest absolute Gasteiger partial charge is 0.459 e. The molecular formula is C20H27NO6. The van der Waals surface area contributed by atoms with E-state index < -0.39 is 6.29 Å². The highest BCUT2D eigenvalue weighted by Crippen LogP contribution is 2.32. The first-order valence-electron chi connectivity index (χ1n) is 9.38. The van der Waals surface area contributed by atoms with Crippen LogP contribution in [0.5, 0.6) is 0 Å². The maximum Gasteiger partial charge on any atom is 0.288 e. The fraction of sp³-hybridized carbons (Fsp3) is 0.550. The molecule has 148 valence electrons. The molecule has 1 saturated heterocycles. The predicted octanol–water partition coefficient (Wildman–Crippen LogP) is 1.28. The molecule has 1 amide bonds. The zero-order valence-electron chi connectivity index (χ0n) is 15.4. The second-order valence-corrected chi connectivity index (χ2v) is 6.44. The van der Waals surface area contributed by atoms with E-state index in [2.05, 4.69) is 0 Å². The van der Waals surface area contributed by atoms with E-state index in [1.54, 1.807) is 4.90 Å². The summed E-state index contributed by atoms with van der Waals surface area (Å²) < 4.78 is 22.2. The maximum atomic E-state index is 12.9. The summed E-state index contributed by atoms with van der Waals surface area (Å²) in [7, 11) is 0. The molecule has 0 bridgehead atoms. The topological polar surface area (TPSA) is 77.5 Å². The molecule has 0 radical (unpaired) electrons. The molecule has 2 atom stereocenters.